The molecule has 3 N–H and O–H groups in total. The molecule has 36 heavy (non-hydrogen) atoms. The number of unbranched alkanes of at least 4 members (excludes halogenated alkanes) is 1. The first-order valence-electron chi connectivity index (χ1n) is 12.9. The first-order valence-corrected chi connectivity index (χ1v) is 14.0. The zero-order valence-electron chi connectivity index (χ0n) is 21.9. The maximum Gasteiger partial charge on any atom is 0.289 e. The van der Waals surface area contributed by atoms with Crippen molar-refractivity contribution < 1.29 is 23.9 Å². The van der Waals surface area contributed by atoms with Gasteiger partial charge in [-0.25, -0.2) is 0 Å². The highest BCUT2D eigenvalue weighted by Gasteiger charge is 2.31. The Hall–Kier alpha value is -2.55. The molecule has 1 unspecified atom stereocenters. The van der Waals surface area contributed by atoms with Gasteiger partial charge in [0.25, 0.3) is 5.91 Å². The Morgan fingerprint density at radius 3 is 2.39 bits per heavy atom. The number of Topliss-reactive ketones (excluding diaryl/α,β-unsaturated/α-hetero) is 1. The summed E-state index contributed by atoms with van der Waals surface area (Å²) in [5, 5.41) is 8.78. The van der Waals surface area contributed by atoms with Gasteiger partial charge in [-0.15, -0.1) is 0 Å². The summed E-state index contributed by atoms with van der Waals surface area (Å²) in [4.78, 5) is 50.9. The van der Waals surface area contributed by atoms with Crippen molar-refractivity contribution in [1.29, 1.82) is 0 Å². The molecule has 3 atom stereocenters. The van der Waals surface area contributed by atoms with E-state index in [0.29, 0.717) is 24.0 Å². The van der Waals surface area contributed by atoms with Crippen molar-refractivity contribution in [2.75, 3.05) is 19.4 Å². The fourth-order valence-corrected chi connectivity index (χ4v) is 5.52. The van der Waals surface area contributed by atoms with Crippen LogP contribution in [-0.4, -0.2) is 60.2 Å². The molecule has 0 aliphatic carbocycles. The standard InChI is InChI=1S/C27H41N3O5S/c1-5-28-27(34)25(32)22(17-19-12-14-20(35-4)15-13-19)29-26(33)24(18(2)3)30-23(31)11-7-6-9-21-10-8-16-36-21/h12-15,18,21-22,24H,5-11,16-17H2,1-4H3,(H,28,34)(H,29,33)(H,30,31)/t21?,22-,24-/m0/s1. The molecule has 0 saturated carbocycles. The average Bonchev–Trinajstić information content (AvgIpc) is 3.38. The number of ketones is 1. The molecule has 0 radical (unpaired) electrons. The molecule has 0 aromatic heterocycles. The number of hydrogen-bond acceptors (Lipinski definition) is 6. The third-order valence-electron chi connectivity index (χ3n) is 6.26. The second kappa shape index (κ2) is 15.5. The molecular formula is C27H41N3O5S. The number of carbonyl (C=O) groups is 4. The summed E-state index contributed by atoms with van der Waals surface area (Å²) in [6, 6.07) is 5.23. The van der Waals surface area contributed by atoms with Gasteiger partial charge in [0.1, 0.15) is 17.8 Å². The minimum atomic E-state index is -1.06. The highest BCUT2D eigenvalue weighted by Crippen LogP contribution is 2.30. The Bertz CT molecular complexity index is 869. The van der Waals surface area contributed by atoms with Crippen LogP contribution in [0.25, 0.3) is 0 Å². The van der Waals surface area contributed by atoms with Crippen LogP contribution in [0.4, 0.5) is 0 Å². The lowest BCUT2D eigenvalue weighted by molar-refractivity contribution is -0.140. The number of nitrogens with one attached hydrogen (secondary N) is 3. The maximum absolute atomic E-state index is 13.2. The Kier molecular flexibility index (Phi) is 12.8. The number of likely N-dealkylation sites (N-methyl/N-ethyl adjacent to an activating group) is 1. The van der Waals surface area contributed by atoms with Crippen molar-refractivity contribution in [1.82, 2.24) is 16.0 Å². The van der Waals surface area contributed by atoms with Gasteiger partial charge in [0, 0.05) is 24.6 Å². The van der Waals surface area contributed by atoms with Crippen molar-refractivity contribution in [2.45, 2.75) is 83.1 Å². The fourth-order valence-electron chi connectivity index (χ4n) is 4.18. The molecule has 1 heterocycles. The quantitative estimate of drug-likeness (QED) is 0.243. The second-order valence-corrected chi connectivity index (χ2v) is 10.9. The molecule has 0 spiro atoms. The third kappa shape index (κ3) is 9.84. The van der Waals surface area contributed by atoms with Crippen LogP contribution in [0, 0.1) is 5.92 Å². The minimum Gasteiger partial charge on any atom is -0.497 e. The zero-order valence-corrected chi connectivity index (χ0v) is 22.7. The van der Waals surface area contributed by atoms with E-state index in [1.54, 1.807) is 38.3 Å². The molecular weight excluding hydrogens is 478 g/mol. The zero-order chi connectivity index (χ0) is 26.5. The molecule has 200 valence electrons. The summed E-state index contributed by atoms with van der Waals surface area (Å²) in [7, 11) is 1.56. The van der Waals surface area contributed by atoms with E-state index >= 15 is 0 Å². The van der Waals surface area contributed by atoms with Gasteiger partial charge >= 0.3 is 0 Å². The van der Waals surface area contributed by atoms with Gasteiger partial charge in [0.15, 0.2) is 0 Å². The van der Waals surface area contributed by atoms with Crippen molar-refractivity contribution in [3.05, 3.63) is 29.8 Å². The average molecular weight is 520 g/mol. The molecule has 1 fully saturated rings. The Balaban J connectivity index is 1.99. The van der Waals surface area contributed by atoms with Gasteiger partial charge < -0.3 is 20.7 Å². The van der Waals surface area contributed by atoms with Gasteiger partial charge in [0.2, 0.25) is 17.6 Å². The number of amides is 3. The molecule has 1 aliphatic rings. The Labute approximate surface area is 219 Å². The lowest BCUT2D eigenvalue weighted by atomic mass is 9.98. The summed E-state index contributed by atoms with van der Waals surface area (Å²) in [5.74, 6) is -0.412. The number of methoxy groups -OCH3 is 1. The van der Waals surface area contributed by atoms with E-state index in [4.69, 9.17) is 4.74 Å². The largest absolute Gasteiger partial charge is 0.497 e. The molecule has 1 aromatic carbocycles. The third-order valence-corrected chi connectivity index (χ3v) is 7.73. The maximum atomic E-state index is 13.2. The van der Waals surface area contributed by atoms with Gasteiger partial charge in [-0.3, -0.25) is 19.2 Å². The molecule has 1 saturated heterocycles. The second-order valence-electron chi connectivity index (χ2n) is 9.51. The fraction of sp³-hybridized carbons (Fsp3) is 0.630. The van der Waals surface area contributed by atoms with Gasteiger partial charge in [-0.1, -0.05) is 32.4 Å². The van der Waals surface area contributed by atoms with Crippen LogP contribution in [0.15, 0.2) is 24.3 Å². The van der Waals surface area contributed by atoms with Crippen molar-refractivity contribution in [2.24, 2.45) is 5.92 Å². The number of rotatable bonds is 15. The van der Waals surface area contributed by atoms with Crippen LogP contribution >= 0.6 is 11.8 Å². The van der Waals surface area contributed by atoms with Crippen LogP contribution < -0.4 is 20.7 Å². The minimum absolute atomic E-state index is 0.143. The molecule has 8 nitrogen and oxygen atoms in total. The summed E-state index contributed by atoms with van der Waals surface area (Å²) >= 11 is 2.02. The number of thioether (sulfide) groups is 1. The van der Waals surface area contributed by atoms with Crippen molar-refractivity contribution in [3.63, 3.8) is 0 Å². The first kappa shape index (κ1) is 29.7. The van der Waals surface area contributed by atoms with Crippen LogP contribution in [-0.2, 0) is 25.6 Å². The van der Waals surface area contributed by atoms with E-state index in [0.717, 1.165) is 24.8 Å². The van der Waals surface area contributed by atoms with Crippen molar-refractivity contribution in [3.8, 4) is 5.75 Å². The molecule has 1 aromatic rings. The van der Waals surface area contributed by atoms with Crippen LogP contribution in [0.5, 0.6) is 5.75 Å². The van der Waals surface area contributed by atoms with Gasteiger partial charge in [-0.05, 0) is 62.0 Å². The monoisotopic (exact) mass is 519 g/mol. The van der Waals surface area contributed by atoms with Gasteiger partial charge in [0.05, 0.1) is 7.11 Å². The molecule has 2 rings (SSSR count). The predicted molar refractivity (Wildman–Crippen MR) is 143 cm³/mol. The number of benzene rings is 1. The van der Waals surface area contributed by atoms with E-state index in [1.165, 1.54) is 18.6 Å². The highest BCUT2D eigenvalue weighted by molar-refractivity contribution is 8.00. The van der Waals surface area contributed by atoms with E-state index in [1.807, 2.05) is 25.6 Å². The summed E-state index contributed by atoms with van der Waals surface area (Å²) in [6.45, 7) is 5.70. The van der Waals surface area contributed by atoms with Crippen LogP contribution in [0.3, 0.4) is 0 Å². The smallest absolute Gasteiger partial charge is 0.289 e. The van der Waals surface area contributed by atoms with Crippen LogP contribution in [0.1, 0.15) is 64.9 Å². The summed E-state index contributed by atoms with van der Waals surface area (Å²) in [6.07, 6.45) is 5.95. The lowest BCUT2D eigenvalue weighted by Crippen LogP contribution is -2.56. The predicted octanol–water partition coefficient (Wildman–Crippen LogP) is 3.02. The summed E-state index contributed by atoms with van der Waals surface area (Å²) < 4.78 is 5.17. The van der Waals surface area contributed by atoms with E-state index in [9.17, 15) is 19.2 Å². The molecule has 3 amide bonds. The molecule has 9 heteroatoms. The highest BCUT2D eigenvalue weighted by atomic mass is 32.2. The van der Waals surface area contributed by atoms with E-state index in [2.05, 4.69) is 16.0 Å². The normalized spacial score (nSPS) is 16.8. The summed E-state index contributed by atoms with van der Waals surface area (Å²) in [5.41, 5.74) is 0.768. The first-order chi connectivity index (χ1) is 17.2. The van der Waals surface area contributed by atoms with E-state index in [-0.39, 0.29) is 18.2 Å². The topological polar surface area (TPSA) is 114 Å². The van der Waals surface area contributed by atoms with E-state index < -0.39 is 29.7 Å². The SMILES string of the molecule is CCNC(=O)C(=O)[C@H](Cc1ccc(OC)cc1)NC(=O)[C@@H](NC(=O)CCCCC1CCCS1)C(C)C. The molecule has 0 bridgehead atoms. The Morgan fingerprint density at radius 1 is 1.08 bits per heavy atom. The molecule has 1 aliphatic heterocycles. The number of carbonyl (C=O) groups excluding carboxylic acids is 4. The van der Waals surface area contributed by atoms with Crippen molar-refractivity contribution >= 4 is 35.3 Å². The van der Waals surface area contributed by atoms with Crippen LogP contribution in [0.2, 0.25) is 0 Å². The number of hydrogen-bond donors (Lipinski definition) is 3. The number of ether oxygens (including phenoxy) is 1. The van der Waals surface area contributed by atoms with Gasteiger partial charge in [-0.2, -0.15) is 11.8 Å². The lowest BCUT2D eigenvalue weighted by Gasteiger charge is -2.25. The Morgan fingerprint density at radius 2 is 1.81 bits per heavy atom.